The van der Waals surface area contributed by atoms with Crippen LogP contribution in [0.25, 0.3) is 0 Å². The second-order valence-electron chi connectivity index (χ2n) is 12.9. The summed E-state index contributed by atoms with van der Waals surface area (Å²) in [7, 11) is 1.62. The Hall–Kier alpha value is -3.06. The predicted octanol–water partition coefficient (Wildman–Crippen LogP) is 7.29. The molecule has 0 aromatic heterocycles. The van der Waals surface area contributed by atoms with Gasteiger partial charge >= 0.3 is 0 Å². The Morgan fingerprint density at radius 2 is 1.63 bits per heavy atom. The molecule has 1 aliphatic carbocycles. The standard InChI is InChI=1S/C36H43ClN2O4/c1-23(2)43-33-20-31-25(18-32(33)42-4)19-34(40)39(35(31)24-10-14-28(37)15-11-24)30-16-12-26(13-17-30)36(3,41)27-21-38(22-27)29-8-6-5-7-9-29/h10-18,20,23,27,29,35,41H,5-9,19,21-22H2,1-4H3/t35-,36?/m0/s1. The van der Waals surface area contributed by atoms with Gasteiger partial charge in [0.25, 0.3) is 0 Å². The van der Waals surface area contributed by atoms with Crippen LogP contribution in [0.3, 0.4) is 0 Å². The topological polar surface area (TPSA) is 62.2 Å². The summed E-state index contributed by atoms with van der Waals surface area (Å²) < 4.78 is 11.8. The van der Waals surface area contributed by atoms with Gasteiger partial charge in [0, 0.05) is 35.8 Å². The van der Waals surface area contributed by atoms with E-state index in [9.17, 15) is 9.90 Å². The first kappa shape index (κ1) is 30.0. The first-order valence-electron chi connectivity index (χ1n) is 15.7. The van der Waals surface area contributed by atoms with E-state index in [0.29, 0.717) is 22.6 Å². The molecule has 0 bridgehead atoms. The second-order valence-corrected chi connectivity index (χ2v) is 13.3. The maximum Gasteiger partial charge on any atom is 0.232 e. The van der Waals surface area contributed by atoms with Crippen molar-refractivity contribution in [3.63, 3.8) is 0 Å². The van der Waals surface area contributed by atoms with Crippen LogP contribution in [0, 0.1) is 5.92 Å². The predicted molar refractivity (Wildman–Crippen MR) is 171 cm³/mol. The van der Waals surface area contributed by atoms with Crippen LogP contribution in [0.1, 0.15) is 81.2 Å². The van der Waals surface area contributed by atoms with E-state index in [0.717, 1.165) is 41.0 Å². The highest BCUT2D eigenvalue weighted by atomic mass is 35.5. The summed E-state index contributed by atoms with van der Waals surface area (Å²) in [4.78, 5) is 18.3. The van der Waals surface area contributed by atoms with Crippen LogP contribution >= 0.6 is 11.6 Å². The molecule has 0 radical (unpaired) electrons. The van der Waals surface area contributed by atoms with E-state index in [1.165, 1.54) is 32.1 Å². The van der Waals surface area contributed by atoms with Gasteiger partial charge in [-0.25, -0.2) is 0 Å². The molecule has 7 heteroatoms. The number of fused-ring (bicyclic) bond motifs is 1. The normalized spacial score (nSPS) is 21.3. The molecule has 1 amide bonds. The van der Waals surface area contributed by atoms with Crippen molar-refractivity contribution in [2.45, 2.75) is 83.1 Å². The number of benzene rings is 3. The summed E-state index contributed by atoms with van der Waals surface area (Å²) in [6.45, 7) is 7.78. The summed E-state index contributed by atoms with van der Waals surface area (Å²) in [5, 5.41) is 12.3. The van der Waals surface area contributed by atoms with Crippen LogP contribution in [0.5, 0.6) is 11.5 Å². The van der Waals surface area contributed by atoms with E-state index < -0.39 is 5.60 Å². The molecule has 6 nitrogen and oxygen atoms in total. The maximum absolute atomic E-state index is 13.9. The summed E-state index contributed by atoms with van der Waals surface area (Å²) >= 11 is 6.27. The Balaban J connectivity index is 1.31. The summed E-state index contributed by atoms with van der Waals surface area (Å²) in [5.74, 6) is 1.46. The van der Waals surface area contributed by atoms with Crippen molar-refractivity contribution in [2.24, 2.45) is 5.92 Å². The first-order valence-corrected chi connectivity index (χ1v) is 16.1. The van der Waals surface area contributed by atoms with Crippen LogP contribution in [0.2, 0.25) is 5.02 Å². The largest absolute Gasteiger partial charge is 0.493 e. The molecular formula is C36H43ClN2O4. The van der Waals surface area contributed by atoms with Crippen molar-refractivity contribution in [3.05, 3.63) is 87.9 Å². The van der Waals surface area contributed by atoms with Crippen molar-refractivity contribution < 1.29 is 19.4 Å². The van der Waals surface area contributed by atoms with Crippen LogP contribution in [0.4, 0.5) is 5.69 Å². The zero-order chi connectivity index (χ0) is 30.3. The summed E-state index contributed by atoms with van der Waals surface area (Å²) in [6, 6.07) is 19.8. The lowest BCUT2D eigenvalue weighted by atomic mass is 9.76. The first-order chi connectivity index (χ1) is 20.7. The number of methoxy groups -OCH3 is 1. The fourth-order valence-corrected chi connectivity index (χ4v) is 7.26. The van der Waals surface area contributed by atoms with Gasteiger partial charge in [0.05, 0.1) is 31.3 Å². The lowest BCUT2D eigenvalue weighted by Gasteiger charge is -2.51. The molecule has 1 saturated carbocycles. The van der Waals surface area contributed by atoms with E-state index in [2.05, 4.69) is 4.90 Å². The molecule has 6 rings (SSSR count). The lowest BCUT2D eigenvalue weighted by Crippen LogP contribution is -2.59. The molecule has 3 aromatic rings. The monoisotopic (exact) mass is 602 g/mol. The minimum absolute atomic E-state index is 0.00587. The van der Waals surface area contributed by atoms with Crippen molar-refractivity contribution in [1.29, 1.82) is 0 Å². The van der Waals surface area contributed by atoms with Gasteiger partial charge in [-0.05, 0) is 92.3 Å². The van der Waals surface area contributed by atoms with Gasteiger partial charge in [0.1, 0.15) is 0 Å². The Labute approximate surface area is 260 Å². The minimum atomic E-state index is -0.933. The number of halogens is 1. The van der Waals surface area contributed by atoms with Gasteiger partial charge in [0.2, 0.25) is 5.91 Å². The molecular weight excluding hydrogens is 560 g/mol. The summed E-state index contributed by atoms with van der Waals surface area (Å²) in [5.41, 5.74) is 3.60. The molecule has 43 heavy (non-hydrogen) atoms. The molecule has 1 unspecified atom stereocenters. The maximum atomic E-state index is 13.9. The Bertz CT molecular complexity index is 1440. The lowest BCUT2D eigenvalue weighted by molar-refractivity contribution is -0.118. The number of likely N-dealkylation sites (tertiary alicyclic amines) is 1. The Morgan fingerprint density at radius 1 is 0.953 bits per heavy atom. The number of amides is 1. The minimum Gasteiger partial charge on any atom is -0.493 e. The zero-order valence-corrected chi connectivity index (χ0v) is 26.4. The fourth-order valence-electron chi connectivity index (χ4n) is 7.14. The van der Waals surface area contributed by atoms with Crippen molar-refractivity contribution in [2.75, 3.05) is 25.1 Å². The Morgan fingerprint density at radius 3 is 2.26 bits per heavy atom. The highest BCUT2D eigenvalue weighted by Crippen LogP contribution is 2.45. The molecule has 1 N–H and O–H groups in total. The number of carbonyl (C=O) groups excluding carboxylic acids is 1. The highest BCUT2D eigenvalue weighted by molar-refractivity contribution is 6.30. The Kier molecular flexibility index (Phi) is 8.47. The number of hydrogen-bond donors (Lipinski definition) is 1. The molecule has 2 fully saturated rings. The number of rotatable bonds is 8. The van der Waals surface area contributed by atoms with E-state index in [4.69, 9.17) is 21.1 Å². The number of aliphatic hydroxyl groups is 1. The van der Waals surface area contributed by atoms with E-state index in [1.807, 2.05) is 86.3 Å². The quantitative estimate of drug-likeness (QED) is 0.293. The number of ether oxygens (including phenoxy) is 2. The van der Waals surface area contributed by atoms with Crippen molar-refractivity contribution in [1.82, 2.24) is 4.90 Å². The third-order valence-corrected chi connectivity index (χ3v) is 9.91. The molecule has 228 valence electrons. The molecule has 3 aliphatic rings. The number of anilines is 1. The van der Waals surface area contributed by atoms with Crippen molar-refractivity contribution in [3.8, 4) is 11.5 Å². The van der Waals surface area contributed by atoms with Crippen LogP contribution in [-0.2, 0) is 16.8 Å². The van der Waals surface area contributed by atoms with Crippen LogP contribution in [-0.4, -0.2) is 48.3 Å². The van der Waals surface area contributed by atoms with Gasteiger partial charge in [0.15, 0.2) is 11.5 Å². The van der Waals surface area contributed by atoms with Gasteiger partial charge in [-0.15, -0.1) is 0 Å². The average Bonchev–Trinajstić information content (AvgIpc) is 2.96. The smallest absolute Gasteiger partial charge is 0.232 e. The molecule has 1 saturated heterocycles. The summed E-state index contributed by atoms with van der Waals surface area (Å²) in [6.07, 6.45) is 6.76. The molecule has 2 atom stereocenters. The van der Waals surface area contributed by atoms with E-state index >= 15 is 0 Å². The highest BCUT2D eigenvalue weighted by Gasteiger charge is 2.44. The van der Waals surface area contributed by atoms with Gasteiger partial charge in [-0.3, -0.25) is 9.69 Å². The molecule has 2 heterocycles. The van der Waals surface area contributed by atoms with Crippen molar-refractivity contribution >= 4 is 23.2 Å². The third-order valence-electron chi connectivity index (χ3n) is 9.66. The molecule has 2 aliphatic heterocycles. The third kappa shape index (κ3) is 5.90. The molecule has 0 spiro atoms. The van der Waals surface area contributed by atoms with Crippen LogP contribution < -0.4 is 14.4 Å². The zero-order valence-electron chi connectivity index (χ0n) is 25.7. The van der Waals surface area contributed by atoms with E-state index in [-0.39, 0.29) is 30.4 Å². The second kappa shape index (κ2) is 12.1. The SMILES string of the molecule is COc1cc2c(cc1OC(C)C)[C@H](c1ccc(Cl)cc1)N(c1ccc(C(C)(O)C3CN(C4CCCCC4)C3)cc1)C(=O)C2. The number of hydrogen-bond acceptors (Lipinski definition) is 5. The number of nitrogens with zero attached hydrogens (tertiary/aromatic N) is 2. The fraction of sp³-hybridized carbons (Fsp3) is 0.472. The molecule has 3 aromatic carbocycles. The van der Waals surface area contributed by atoms with Gasteiger partial charge in [-0.1, -0.05) is 55.1 Å². The number of carbonyl (C=O) groups is 1. The van der Waals surface area contributed by atoms with E-state index in [1.54, 1.807) is 7.11 Å². The van der Waals surface area contributed by atoms with Crippen LogP contribution in [0.15, 0.2) is 60.7 Å². The van der Waals surface area contributed by atoms with Gasteiger partial charge in [-0.2, -0.15) is 0 Å². The van der Waals surface area contributed by atoms with Gasteiger partial charge < -0.3 is 19.5 Å². The average molecular weight is 603 g/mol.